The van der Waals surface area contributed by atoms with Gasteiger partial charge in [-0.1, -0.05) is 13.3 Å². The van der Waals surface area contributed by atoms with Crippen LogP contribution in [-0.4, -0.2) is 49.8 Å². The molecular formula is C13H28N2O. The van der Waals surface area contributed by atoms with E-state index in [1.54, 1.807) is 0 Å². The Bertz CT molecular complexity index is 183. The summed E-state index contributed by atoms with van der Waals surface area (Å²) < 4.78 is 5.57. The van der Waals surface area contributed by atoms with E-state index in [1.807, 2.05) is 0 Å². The number of piperazine rings is 1. The van der Waals surface area contributed by atoms with Crippen LogP contribution < -0.4 is 5.32 Å². The Morgan fingerprint density at radius 3 is 2.69 bits per heavy atom. The minimum atomic E-state index is 0.279. The molecule has 0 bridgehead atoms. The predicted molar refractivity (Wildman–Crippen MR) is 68.9 cm³/mol. The summed E-state index contributed by atoms with van der Waals surface area (Å²) in [5.74, 6) is 0. The van der Waals surface area contributed by atoms with Gasteiger partial charge >= 0.3 is 0 Å². The highest BCUT2D eigenvalue weighted by Crippen LogP contribution is 2.10. The first-order chi connectivity index (χ1) is 7.64. The zero-order valence-electron chi connectivity index (χ0n) is 11.2. The summed E-state index contributed by atoms with van der Waals surface area (Å²) in [7, 11) is 0. The average Bonchev–Trinajstić information content (AvgIpc) is 2.22. The van der Waals surface area contributed by atoms with Crippen LogP contribution in [0.25, 0.3) is 0 Å². The van der Waals surface area contributed by atoms with Crippen molar-refractivity contribution in [1.82, 2.24) is 10.2 Å². The zero-order chi connectivity index (χ0) is 11.9. The lowest BCUT2D eigenvalue weighted by molar-refractivity contribution is 0.103. The molecule has 1 N–H and O–H groups in total. The lowest BCUT2D eigenvalue weighted by Gasteiger charge is -2.39. The van der Waals surface area contributed by atoms with Crippen molar-refractivity contribution in [2.24, 2.45) is 0 Å². The Balaban J connectivity index is 2.00. The first-order valence-corrected chi connectivity index (χ1v) is 6.69. The third-order valence-corrected chi connectivity index (χ3v) is 3.06. The van der Waals surface area contributed by atoms with Crippen LogP contribution in [0.3, 0.4) is 0 Å². The predicted octanol–water partition coefficient (Wildman–Crippen LogP) is 1.88. The van der Waals surface area contributed by atoms with Gasteiger partial charge < -0.3 is 15.0 Å². The molecule has 0 atom stereocenters. The lowest BCUT2D eigenvalue weighted by Crippen LogP contribution is -2.57. The molecule has 16 heavy (non-hydrogen) atoms. The van der Waals surface area contributed by atoms with Crippen LogP contribution in [0, 0.1) is 0 Å². The van der Waals surface area contributed by atoms with Gasteiger partial charge in [0.05, 0.1) is 0 Å². The maximum Gasteiger partial charge on any atom is 0.0478 e. The van der Waals surface area contributed by atoms with Crippen LogP contribution >= 0.6 is 0 Å². The third-order valence-electron chi connectivity index (χ3n) is 3.06. The van der Waals surface area contributed by atoms with Crippen molar-refractivity contribution in [1.29, 1.82) is 0 Å². The molecule has 1 saturated heterocycles. The Labute approximate surface area is 101 Å². The van der Waals surface area contributed by atoms with Gasteiger partial charge in [0.2, 0.25) is 0 Å². The highest BCUT2D eigenvalue weighted by molar-refractivity contribution is 4.86. The van der Waals surface area contributed by atoms with Gasteiger partial charge in [0.25, 0.3) is 0 Å². The summed E-state index contributed by atoms with van der Waals surface area (Å²) >= 11 is 0. The molecule has 0 radical (unpaired) electrons. The van der Waals surface area contributed by atoms with E-state index in [9.17, 15) is 0 Å². The van der Waals surface area contributed by atoms with Gasteiger partial charge in [0.1, 0.15) is 0 Å². The highest BCUT2D eigenvalue weighted by atomic mass is 16.5. The molecule has 0 spiro atoms. The van der Waals surface area contributed by atoms with Crippen LogP contribution in [0.4, 0.5) is 0 Å². The number of ether oxygens (including phenoxy) is 1. The van der Waals surface area contributed by atoms with Gasteiger partial charge in [-0.3, -0.25) is 0 Å². The van der Waals surface area contributed by atoms with E-state index < -0.39 is 0 Å². The van der Waals surface area contributed by atoms with Crippen LogP contribution in [0.2, 0.25) is 0 Å². The van der Waals surface area contributed by atoms with Crippen molar-refractivity contribution in [3.8, 4) is 0 Å². The minimum Gasteiger partial charge on any atom is -0.381 e. The second kappa shape index (κ2) is 7.25. The van der Waals surface area contributed by atoms with Crippen LogP contribution in [0.15, 0.2) is 0 Å². The van der Waals surface area contributed by atoms with Crippen molar-refractivity contribution in [2.75, 3.05) is 39.4 Å². The van der Waals surface area contributed by atoms with E-state index >= 15 is 0 Å². The number of hydrogen-bond acceptors (Lipinski definition) is 3. The van der Waals surface area contributed by atoms with Crippen molar-refractivity contribution in [3.05, 3.63) is 0 Å². The van der Waals surface area contributed by atoms with Crippen molar-refractivity contribution >= 4 is 0 Å². The fraction of sp³-hybridized carbons (Fsp3) is 1.00. The lowest BCUT2D eigenvalue weighted by atomic mass is 10.0. The first-order valence-electron chi connectivity index (χ1n) is 6.69. The molecule has 0 aliphatic carbocycles. The molecule has 0 aromatic heterocycles. The number of rotatable bonds is 7. The second-order valence-electron chi connectivity index (χ2n) is 5.41. The monoisotopic (exact) mass is 228 g/mol. The van der Waals surface area contributed by atoms with E-state index in [0.717, 1.165) is 26.3 Å². The second-order valence-corrected chi connectivity index (χ2v) is 5.41. The SMILES string of the molecule is CCCCOCCCN1CCNC(C)(C)C1. The molecule has 1 aliphatic heterocycles. The Morgan fingerprint density at radius 2 is 2.00 bits per heavy atom. The number of hydrogen-bond donors (Lipinski definition) is 1. The van der Waals surface area contributed by atoms with Crippen LogP contribution in [0.1, 0.15) is 40.0 Å². The maximum atomic E-state index is 5.57. The molecule has 0 aromatic carbocycles. The third kappa shape index (κ3) is 5.83. The molecule has 0 unspecified atom stereocenters. The van der Waals surface area contributed by atoms with Gasteiger partial charge in [0.15, 0.2) is 0 Å². The number of nitrogens with zero attached hydrogens (tertiary/aromatic N) is 1. The van der Waals surface area contributed by atoms with Gasteiger partial charge in [0, 0.05) is 44.9 Å². The van der Waals surface area contributed by atoms with E-state index in [2.05, 4.69) is 31.0 Å². The Kier molecular flexibility index (Phi) is 6.32. The quantitative estimate of drug-likeness (QED) is 0.673. The smallest absolute Gasteiger partial charge is 0.0478 e. The fourth-order valence-electron chi connectivity index (χ4n) is 2.18. The molecular weight excluding hydrogens is 200 g/mol. The zero-order valence-corrected chi connectivity index (χ0v) is 11.2. The van der Waals surface area contributed by atoms with E-state index in [-0.39, 0.29) is 5.54 Å². The first kappa shape index (κ1) is 13.9. The molecule has 1 aliphatic rings. The molecule has 1 heterocycles. The normalized spacial score (nSPS) is 21.2. The van der Waals surface area contributed by atoms with E-state index in [1.165, 1.54) is 32.4 Å². The van der Waals surface area contributed by atoms with Gasteiger partial charge in [-0.25, -0.2) is 0 Å². The summed E-state index contributed by atoms with van der Waals surface area (Å²) in [5, 5.41) is 3.53. The molecule has 0 aromatic rings. The molecule has 3 nitrogen and oxygen atoms in total. The summed E-state index contributed by atoms with van der Waals surface area (Å²) in [6.45, 7) is 13.2. The van der Waals surface area contributed by atoms with Gasteiger partial charge in [-0.05, 0) is 26.7 Å². The summed E-state index contributed by atoms with van der Waals surface area (Å²) in [4.78, 5) is 2.54. The van der Waals surface area contributed by atoms with E-state index in [0.29, 0.717) is 0 Å². The van der Waals surface area contributed by atoms with E-state index in [4.69, 9.17) is 4.74 Å². The highest BCUT2D eigenvalue weighted by Gasteiger charge is 2.24. The minimum absolute atomic E-state index is 0.279. The summed E-state index contributed by atoms with van der Waals surface area (Å²) in [5.41, 5.74) is 0.279. The largest absolute Gasteiger partial charge is 0.381 e. The Hall–Kier alpha value is -0.120. The van der Waals surface area contributed by atoms with Crippen LogP contribution in [-0.2, 0) is 4.74 Å². The maximum absolute atomic E-state index is 5.57. The molecule has 3 heteroatoms. The standard InChI is InChI=1S/C13H28N2O/c1-4-5-10-16-11-6-8-15-9-7-14-13(2,3)12-15/h14H,4-12H2,1-3H3. The van der Waals surface area contributed by atoms with Crippen molar-refractivity contribution < 1.29 is 4.74 Å². The Morgan fingerprint density at radius 1 is 1.25 bits per heavy atom. The summed E-state index contributed by atoms with van der Waals surface area (Å²) in [6, 6.07) is 0. The van der Waals surface area contributed by atoms with Gasteiger partial charge in [-0.2, -0.15) is 0 Å². The molecule has 0 amide bonds. The topological polar surface area (TPSA) is 24.5 Å². The van der Waals surface area contributed by atoms with Gasteiger partial charge in [-0.15, -0.1) is 0 Å². The van der Waals surface area contributed by atoms with Crippen LogP contribution in [0.5, 0.6) is 0 Å². The average molecular weight is 228 g/mol. The molecule has 1 fully saturated rings. The number of unbranched alkanes of at least 4 members (excludes halogenated alkanes) is 1. The summed E-state index contributed by atoms with van der Waals surface area (Å²) in [6.07, 6.45) is 3.59. The number of nitrogens with one attached hydrogen (secondary N) is 1. The molecule has 1 rings (SSSR count). The van der Waals surface area contributed by atoms with Crippen molar-refractivity contribution in [2.45, 2.75) is 45.6 Å². The molecule has 0 saturated carbocycles. The van der Waals surface area contributed by atoms with Crippen molar-refractivity contribution in [3.63, 3.8) is 0 Å². The fourth-order valence-corrected chi connectivity index (χ4v) is 2.18. The molecule has 96 valence electrons.